The molecule has 5 nitrogen and oxygen atoms in total. The lowest BCUT2D eigenvalue weighted by atomic mass is 10.3. The summed E-state index contributed by atoms with van der Waals surface area (Å²) in [5, 5.41) is 4.83. The molecule has 0 saturated heterocycles. The van der Waals surface area contributed by atoms with E-state index in [1.165, 1.54) is 19.2 Å². The van der Waals surface area contributed by atoms with Gasteiger partial charge in [-0.25, -0.2) is 0 Å². The van der Waals surface area contributed by atoms with Crippen LogP contribution >= 0.6 is 11.6 Å². The second-order valence-corrected chi connectivity index (χ2v) is 3.18. The van der Waals surface area contributed by atoms with Crippen molar-refractivity contribution in [2.75, 3.05) is 18.1 Å². The molecule has 0 atom stereocenters. The molecule has 0 spiro atoms. The van der Waals surface area contributed by atoms with Gasteiger partial charge in [-0.1, -0.05) is 11.6 Å². The van der Waals surface area contributed by atoms with Gasteiger partial charge in [-0.2, -0.15) is 0 Å². The number of hydrogen-bond donors (Lipinski definition) is 3. The standard InChI is InChI=1S/C9H10ClN3O2/c1-12-8(14)9(15)13-7-3-2-5(11)4-6(7)10/h2-4H,11H2,1H3,(H,12,14)(H,13,15). The van der Waals surface area contributed by atoms with Gasteiger partial charge in [-0.05, 0) is 18.2 Å². The summed E-state index contributed by atoms with van der Waals surface area (Å²) in [4.78, 5) is 22.1. The summed E-state index contributed by atoms with van der Waals surface area (Å²) in [6, 6.07) is 4.59. The first-order chi connectivity index (χ1) is 7.04. The highest BCUT2D eigenvalue weighted by molar-refractivity contribution is 6.41. The van der Waals surface area contributed by atoms with Crippen molar-refractivity contribution in [1.82, 2.24) is 5.32 Å². The molecule has 80 valence electrons. The minimum absolute atomic E-state index is 0.284. The minimum atomic E-state index is -0.774. The summed E-state index contributed by atoms with van der Waals surface area (Å²) in [7, 11) is 1.37. The molecule has 0 fully saturated rings. The second kappa shape index (κ2) is 4.65. The van der Waals surface area contributed by atoms with Crippen LogP contribution < -0.4 is 16.4 Å². The monoisotopic (exact) mass is 227 g/mol. The van der Waals surface area contributed by atoms with Gasteiger partial charge in [-0.15, -0.1) is 0 Å². The van der Waals surface area contributed by atoms with Crippen LogP contribution in [0.2, 0.25) is 5.02 Å². The van der Waals surface area contributed by atoms with Gasteiger partial charge in [0.25, 0.3) is 0 Å². The third kappa shape index (κ3) is 2.85. The molecule has 1 aromatic rings. The van der Waals surface area contributed by atoms with Crippen LogP contribution in [0, 0.1) is 0 Å². The molecule has 0 unspecified atom stereocenters. The quantitative estimate of drug-likeness (QED) is 0.485. The fraction of sp³-hybridized carbons (Fsp3) is 0.111. The number of amides is 2. The Morgan fingerprint density at radius 1 is 1.33 bits per heavy atom. The van der Waals surface area contributed by atoms with E-state index >= 15 is 0 Å². The molecule has 0 aromatic heterocycles. The number of rotatable bonds is 1. The Hall–Kier alpha value is -1.75. The minimum Gasteiger partial charge on any atom is -0.399 e. The van der Waals surface area contributed by atoms with Gasteiger partial charge >= 0.3 is 11.8 Å². The Bertz CT molecular complexity index is 406. The number of carbonyl (C=O) groups excluding carboxylic acids is 2. The zero-order chi connectivity index (χ0) is 11.4. The molecule has 15 heavy (non-hydrogen) atoms. The average molecular weight is 228 g/mol. The second-order valence-electron chi connectivity index (χ2n) is 2.77. The van der Waals surface area contributed by atoms with E-state index in [1.807, 2.05) is 0 Å². The van der Waals surface area contributed by atoms with Crippen molar-refractivity contribution in [2.45, 2.75) is 0 Å². The van der Waals surface area contributed by atoms with Crippen molar-refractivity contribution >= 4 is 34.8 Å². The molecular formula is C9H10ClN3O2. The first-order valence-electron chi connectivity index (χ1n) is 4.12. The highest BCUT2D eigenvalue weighted by Crippen LogP contribution is 2.23. The molecule has 0 aliphatic carbocycles. The first-order valence-corrected chi connectivity index (χ1v) is 4.50. The molecular weight excluding hydrogens is 218 g/mol. The highest BCUT2D eigenvalue weighted by atomic mass is 35.5. The van der Waals surface area contributed by atoms with Crippen LogP contribution in [-0.4, -0.2) is 18.9 Å². The topological polar surface area (TPSA) is 84.2 Å². The van der Waals surface area contributed by atoms with Crippen LogP contribution in [0.15, 0.2) is 18.2 Å². The third-order valence-electron chi connectivity index (χ3n) is 1.67. The van der Waals surface area contributed by atoms with E-state index < -0.39 is 11.8 Å². The summed E-state index contributed by atoms with van der Waals surface area (Å²) in [5.74, 6) is -1.51. The van der Waals surface area contributed by atoms with Gasteiger partial charge in [0.1, 0.15) is 0 Å². The van der Waals surface area contributed by atoms with Crippen LogP contribution in [0.4, 0.5) is 11.4 Å². The van der Waals surface area contributed by atoms with Crippen LogP contribution in [0.1, 0.15) is 0 Å². The van der Waals surface area contributed by atoms with Gasteiger partial charge < -0.3 is 16.4 Å². The van der Waals surface area contributed by atoms with E-state index in [1.54, 1.807) is 6.07 Å². The van der Waals surface area contributed by atoms with Crippen LogP contribution in [-0.2, 0) is 9.59 Å². The largest absolute Gasteiger partial charge is 0.399 e. The maximum absolute atomic E-state index is 11.2. The van der Waals surface area contributed by atoms with E-state index in [9.17, 15) is 9.59 Å². The van der Waals surface area contributed by atoms with Gasteiger partial charge in [0.05, 0.1) is 10.7 Å². The Balaban J connectivity index is 2.81. The molecule has 4 N–H and O–H groups in total. The van der Waals surface area contributed by atoms with Crippen molar-refractivity contribution in [2.24, 2.45) is 0 Å². The SMILES string of the molecule is CNC(=O)C(=O)Nc1ccc(N)cc1Cl. The van der Waals surface area contributed by atoms with Crippen LogP contribution in [0.25, 0.3) is 0 Å². The van der Waals surface area contributed by atoms with Crippen molar-refractivity contribution in [1.29, 1.82) is 0 Å². The number of hydrogen-bond acceptors (Lipinski definition) is 3. The molecule has 6 heteroatoms. The van der Waals surface area contributed by atoms with Crippen molar-refractivity contribution in [3.8, 4) is 0 Å². The van der Waals surface area contributed by atoms with E-state index in [-0.39, 0.29) is 5.02 Å². The highest BCUT2D eigenvalue weighted by Gasteiger charge is 2.12. The average Bonchev–Trinajstić information content (AvgIpc) is 2.20. The third-order valence-corrected chi connectivity index (χ3v) is 1.99. The number of nitrogen functional groups attached to an aromatic ring is 1. The van der Waals surface area contributed by atoms with Crippen LogP contribution in [0.5, 0.6) is 0 Å². The summed E-state index contributed by atoms with van der Waals surface area (Å²) in [6.45, 7) is 0. The number of nitrogens with one attached hydrogen (secondary N) is 2. The molecule has 0 radical (unpaired) electrons. The van der Waals surface area contributed by atoms with Gasteiger partial charge in [-0.3, -0.25) is 9.59 Å². The molecule has 2 amide bonds. The molecule has 0 aliphatic heterocycles. The van der Waals surface area contributed by atoms with Crippen LogP contribution in [0.3, 0.4) is 0 Å². The van der Waals surface area contributed by atoms with E-state index in [4.69, 9.17) is 17.3 Å². The van der Waals surface area contributed by atoms with Crippen molar-refractivity contribution < 1.29 is 9.59 Å². The first kappa shape index (κ1) is 11.3. The molecule has 0 aliphatic rings. The van der Waals surface area contributed by atoms with Crippen molar-refractivity contribution in [3.63, 3.8) is 0 Å². The zero-order valence-corrected chi connectivity index (χ0v) is 8.76. The molecule has 0 bridgehead atoms. The molecule has 0 saturated carbocycles. The summed E-state index contributed by atoms with van der Waals surface area (Å²) >= 11 is 5.80. The number of carbonyl (C=O) groups is 2. The smallest absolute Gasteiger partial charge is 0.313 e. The summed E-state index contributed by atoms with van der Waals surface area (Å²) in [6.07, 6.45) is 0. The number of benzene rings is 1. The van der Waals surface area contributed by atoms with E-state index in [0.717, 1.165) is 0 Å². The Kier molecular flexibility index (Phi) is 3.51. The lowest BCUT2D eigenvalue weighted by Crippen LogP contribution is -2.32. The van der Waals surface area contributed by atoms with Gasteiger partial charge in [0, 0.05) is 12.7 Å². The fourth-order valence-corrected chi connectivity index (χ4v) is 1.16. The number of anilines is 2. The lowest BCUT2D eigenvalue weighted by Gasteiger charge is -2.06. The number of nitrogens with two attached hydrogens (primary N) is 1. The Morgan fingerprint density at radius 2 is 2.00 bits per heavy atom. The molecule has 0 heterocycles. The predicted molar refractivity (Wildman–Crippen MR) is 58.6 cm³/mol. The zero-order valence-electron chi connectivity index (χ0n) is 8.00. The normalized spacial score (nSPS) is 9.47. The number of halogens is 1. The lowest BCUT2D eigenvalue weighted by molar-refractivity contribution is -0.135. The van der Waals surface area contributed by atoms with E-state index in [2.05, 4.69) is 10.6 Å². The fourth-order valence-electron chi connectivity index (χ4n) is 0.925. The molecule has 1 aromatic carbocycles. The summed E-state index contributed by atoms with van der Waals surface area (Å²) in [5.41, 5.74) is 6.30. The van der Waals surface area contributed by atoms with Crippen molar-refractivity contribution in [3.05, 3.63) is 23.2 Å². The van der Waals surface area contributed by atoms with Gasteiger partial charge in [0.2, 0.25) is 0 Å². The molecule has 1 rings (SSSR count). The summed E-state index contributed by atoms with van der Waals surface area (Å²) < 4.78 is 0. The maximum atomic E-state index is 11.2. The predicted octanol–water partition coefficient (Wildman–Crippen LogP) is 0.607. The van der Waals surface area contributed by atoms with E-state index in [0.29, 0.717) is 11.4 Å². The number of likely N-dealkylation sites (N-methyl/N-ethyl adjacent to an activating group) is 1. The maximum Gasteiger partial charge on any atom is 0.313 e. The van der Waals surface area contributed by atoms with Gasteiger partial charge in [0.15, 0.2) is 0 Å². The Morgan fingerprint density at radius 3 is 2.53 bits per heavy atom. The Labute approximate surface area is 91.6 Å².